The Bertz CT molecular complexity index is 454. The predicted octanol–water partition coefficient (Wildman–Crippen LogP) is 3.79. The van der Waals surface area contributed by atoms with Crippen LogP contribution in [0.4, 0.5) is 0 Å². The Morgan fingerprint density at radius 1 is 1.13 bits per heavy atom. The van der Waals surface area contributed by atoms with E-state index in [-0.39, 0.29) is 0 Å². The quantitative estimate of drug-likeness (QED) is 0.713. The summed E-state index contributed by atoms with van der Waals surface area (Å²) in [6.45, 7) is 2.14. The van der Waals surface area contributed by atoms with Crippen LogP contribution < -0.4 is 0 Å². The smallest absolute Gasteiger partial charge is 0.160 e. The molecule has 0 aliphatic heterocycles. The molecule has 0 saturated carbocycles. The van der Waals surface area contributed by atoms with Gasteiger partial charge in [0.15, 0.2) is 6.29 Å². The molecule has 1 aromatic carbocycles. The molecule has 0 atom stereocenters. The zero-order chi connectivity index (χ0) is 10.7. The summed E-state index contributed by atoms with van der Waals surface area (Å²) in [5, 5.41) is 0. The van der Waals surface area contributed by atoms with Gasteiger partial charge in [-0.15, -0.1) is 11.3 Å². The number of rotatable bonds is 3. The van der Waals surface area contributed by atoms with E-state index in [1.807, 2.05) is 12.1 Å². The minimum atomic E-state index is 0.782. The lowest BCUT2D eigenvalue weighted by Crippen LogP contribution is -1.78. The van der Waals surface area contributed by atoms with Crippen LogP contribution in [0, 0.1) is 0 Å². The third-order valence-corrected chi connectivity index (χ3v) is 3.45. The molecule has 76 valence electrons. The third kappa shape index (κ3) is 2.16. The minimum Gasteiger partial charge on any atom is -0.297 e. The van der Waals surface area contributed by atoms with E-state index < -0.39 is 0 Å². The summed E-state index contributed by atoms with van der Waals surface area (Å²) >= 11 is 1.53. The largest absolute Gasteiger partial charge is 0.297 e. The molecular weight excluding hydrogens is 204 g/mol. The number of hydrogen-bond donors (Lipinski definition) is 0. The summed E-state index contributed by atoms with van der Waals surface area (Å²) < 4.78 is 0. The van der Waals surface area contributed by atoms with Crippen molar-refractivity contribution in [2.75, 3.05) is 0 Å². The van der Waals surface area contributed by atoms with E-state index >= 15 is 0 Å². The van der Waals surface area contributed by atoms with E-state index in [4.69, 9.17) is 0 Å². The molecule has 0 fully saturated rings. The van der Waals surface area contributed by atoms with Crippen molar-refractivity contribution < 1.29 is 4.79 Å². The summed E-state index contributed by atoms with van der Waals surface area (Å²) in [4.78, 5) is 12.5. The van der Waals surface area contributed by atoms with Crippen molar-refractivity contribution in [2.24, 2.45) is 0 Å². The van der Waals surface area contributed by atoms with Crippen LogP contribution >= 0.6 is 11.3 Å². The first-order valence-corrected chi connectivity index (χ1v) is 5.79. The maximum atomic E-state index is 10.6. The Kier molecular flexibility index (Phi) is 2.97. The van der Waals surface area contributed by atoms with Crippen LogP contribution in [0.25, 0.3) is 10.4 Å². The van der Waals surface area contributed by atoms with E-state index in [1.54, 1.807) is 0 Å². The van der Waals surface area contributed by atoms with E-state index in [9.17, 15) is 4.79 Å². The van der Waals surface area contributed by atoms with Crippen LogP contribution in [-0.4, -0.2) is 6.29 Å². The molecule has 2 rings (SSSR count). The molecule has 0 aliphatic carbocycles. The van der Waals surface area contributed by atoms with Crippen LogP contribution in [0.1, 0.15) is 22.2 Å². The van der Waals surface area contributed by atoms with Crippen molar-refractivity contribution in [1.29, 1.82) is 0 Å². The first-order chi connectivity index (χ1) is 7.33. The molecule has 0 N–H and O–H groups in total. The van der Waals surface area contributed by atoms with Crippen LogP contribution in [-0.2, 0) is 6.42 Å². The zero-order valence-corrected chi connectivity index (χ0v) is 9.38. The molecule has 1 heterocycles. The van der Waals surface area contributed by atoms with Crippen molar-refractivity contribution in [1.82, 2.24) is 0 Å². The fourth-order valence-corrected chi connectivity index (χ4v) is 2.30. The molecule has 0 spiro atoms. The van der Waals surface area contributed by atoms with Crippen molar-refractivity contribution in [3.05, 3.63) is 46.8 Å². The van der Waals surface area contributed by atoms with E-state index in [0.29, 0.717) is 0 Å². The monoisotopic (exact) mass is 216 g/mol. The van der Waals surface area contributed by atoms with Gasteiger partial charge in [-0.3, -0.25) is 4.79 Å². The number of hydrogen-bond acceptors (Lipinski definition) is 2. The maximum Gasteiger partial charge on any atom is 0.160 e. The van der Waals surface area contributed by atoms with Crippen molar-refractivity contribution in [2.45, 2.75) is 13.3 Å². The highest BCUT2D eigenvalue weighted by atomic mass is 32.1. The number of thiophene rings is 1. The molecule has 0 amide bonds. The van der Waals surface area contributed by atoms with E-state index in [0.717, 1.165) is 22.5 Å². The van der Waals surface area contributed by atoms with Gasteiger partial charge in [-0.1, -0.05) is 31.2 Å². The highest BCUT2D eigenvalue weighted by Crippen LogP contribution is 2.27. The fourth-order valence-electron chi connectivity index (χ4n) is 1.48. The van der Waals surface area contributed by atoms with Crippen molar-refractivity contribution >= 4 is 17.6 Å². The molecule has 0 aliphatic rings. The summed E-state index contributed by atoms with van der Waals surface area (Å²) in [5.74, 6) is 0. The van der Waals surface area contributed by atoms with Gasteiger partial charge in [0.2, 0.25) is 0 Å². The molecule has 0 saturated heterocycles. The number of aldehydes is 1. The van der Waals surface area contributed by atoms with Gasteiger partial charge in [-0.05, 0) is 29.7 Å². The van der Waals surface area contributed by atoms with E-state index in [1.165, 1.54) is 22.5 Å². The van der Waals surface area contributed by atoms with Gasteiger partial charge in [0.05, 0.1) is 4.88 Å². The van der Waals surface area contributed by atoms with E-state index in [2.05, 4.69) is 31.2 Å². The van der Waals surface area contributed by atoms with Crippen LogP contribution in [0.3, 0.4) is 0 Å². The van der Waals surface area contributed by atoms with Gasteiger partial charge < -0.3 is 0 Å². The number of carbonyl (C=O) groups is 1. The van der Waals surface area contributed by atoms with Gasteiger partial charge in [0.25, 0.3) is 0 Å². The normalized spacial score (nSPS) is 10.2. The van der Waals surface area contributed by atoms with Crippen molar-refractivity contribution in [3.8, 4) is 10.4 Å². The first-order valence-electron chi connectivity index (χ1n) is 4.98. The van der Waals surface area contributed by atoms with Gasteiger partial charge in [0.1, 0.15) is 0 Å². The molecular formula is C13H12OS. The predicted molar refractivity (Wildman–Crippen MR) is 64.5 cm³/mol. The Morgan fingerprint density at radius 2 is 1.87 bits per heavy atom. The summed E-state index contributed by atoms with van der Waals surface area (Å²) in [5.41, 5.74) is 2.52. The molecule has 15 heavy (non-hydrogen) atoms. The average Bonchev–Trinajstić information content (AvgIpc) is 2.78. The van der Waals surface area contributed by atoms with Gasteiger partial charge in [-0.2, -0.15) is 0 Å². The molecule has 2 aromatic rings. The van der Waals surface area contributed by atoms with Gasteiger partial charge in [0, 0.05) is 4.88 Å². The SMILES string of the molecule is CCc1ccc(-c2ccc(C=O)s2)cc1. The highest BCUT2D eigenvalue weighted by molar-refractivity contribution is 7.17. The summed E-state index contributed by atoms with van der Waals surface area (Å²) in [6.07, 6.45) is 1.96. The molecule has 1 nitrogen and oxygen atoms in total. The Hall–Kier alpha value is -1.41. The topological polar surface area (TPSA) is 17.1 Å². The number of benzene rings is 1. The summed E-state index contributed by atoms with van der Waals surface area (Å²) in [7, 11) is 0. The van der Waals surface area contributed by atoms with Crippen LogP contribution in [0.5, 0.6) is 0 Å². The Morgan fingerprint density at radius 3 is 2.40 bits per heavy atom. The third-order valence-electron chi connectivity index (χ3n) is 2.39. The van der Waals surface area contributed by atoms with Gasteiger partial charge in [-0.25, -0.2) is 0 Å². The lowest BCUT2D eigenvalue weighted by molar-refractivity contribution is 0.112. The summed E-state index contributed by atoms with van der Waals surface area (Å²) in [6, 6.07) is 12.3. The number of carbonyl (C=O) groups excluding carboxylic acids is 1. The molecule has 0 bridgehead atoms. The minimum absolute atomic E-state index is 0.782. The van der Waals surface area contributed by atoms with Crippen LogP contribution in [0.15, 0.2) is 36.4 Å². The second-order valence-electron chi connectivity index (χ2n) is 3.37. The standard InChI is InChI=1S/C13H12OS/c1-2-10-3-5-11(6-4-10)13-8-7-12(9-14)15-13/h3-9H,2H2,1H3. The maximum absolute atomic E-state index is 10.6. The second-order valence-corrected chi connectivity index (χ2v) is 4.49. The molecule has 1 aromatic heterocycles. The van der Waals surface area contributed by atoms with Crippen molar-refractivity contribution in [3.63, 3.8) is 0 Å². The Balaban J connectivity index is 2.32. The first kappa shape index (κ1) is 10.1. The molecule has 2 heteroatoms. The highest BCUT2D eigenvalue weighted by Gasteiger charge is 2.01. The Labute approximate surface area is 93.4 Å². The zero-order valence-electron chi connectivity index (χ0n) is 8.57. The molecule has 0 radical (unpaired) electrons. The fraction of sp³-hybridized carbons (Fsp3) is 0.154. The van der Waals surface area contributed by atoms with Gasteiger partial charge >= 0.3 is 0 Å². The average molecular weight is 216 g/mol. The second kappa shape index (κ2) is 4.41. The molecule has 0 unspecified atom stereocenters. The lowest BCUT2D eigenvalue weighted by Gasteiger charge is -1.99. The number of aryl methyl sites for hydroxylation is 1. The van der Waals surface area contributed by atoms with Crippen LogP contribution in [0.2, 0.25) is 0 Å². The lowest BCUT2D eigenvalue weighted by atomic mass is 10.1.